The van der Waals surface area contributed by atoms with Crippen LogP contribution in [0.4, 0.5) is 10.1 Å². The van der Waals surface area contributed by atoms with Crippen LogP contribution in [0.15, 0.2) is 76.5 Å². The molecule has 0 spiro atoms. The first-order valence-corrected chi connectivity index (χ1v) is 11.7. The molecule has 0 fully saturated rings. The first kappa shape index (κ1) is 24.0. The van der Waals surface area contributed by atoms with Gasteiger partial charge in [-0.1, -0.05) is 11.8 Å². The molecule has 0 unspecified atom stereocenters. The summed E-state index contributed by atoms with van der Waals surface area (Å²) >= 11 is 1.17. The summed E-state index contributed by atoms with van der Waals surface area (Å²) in [5.74, 6) is 0.320. The van der Waals surface area contributed by atoms with E-state index in [1.54, 1.807) is 53.1 Å². The lowest BCUT2D eigenvalue weighted by atomic mass is 10.3. The monoisotopic (exact) mass is 495 g/mol. The number of thioether (sulfide) groups is 1. The summed E-state index contributed by atoms with van der Waals surface area (Å²) < 4.78 is 25.7. The zero-order valence-electron chi connectivity index (χ0n) is 18.7. The number of aromatic nitrogens is 3. The van der Waals surface area contributed by atoms with E-state index in [1.165, 1.54) is 30.2 Å². The molecule has 9 nitrogen and oxygen atoms in total. The van der Waals surface area contributed by atoms with Crippen molar-refractivity contribution in [3.05, 3.63) is 84.3 Å². The molecule has 180 valence electrons. The lowest BCUT2D eigenvalue weighted by Crippen LogP contribution is -2.24. The molecule has 4 rings (SSSR count). The molecule has 2 amide bonds. The summed E-state index contributed by atoms with van der Waals surface area (Å²) in [5, 5.41) is 14.3. The van der Waals surface area contributed by atoms with Crippen LogP contribution in [0, 0.1) is 5.82 Å². The number of halogens is 1. The van der Waals surface area contributed by atoms with E-state index in [9.17, 15) is 14.0 Å². The number of nitrogens with one attached hydrogen (secondary N) is 2. The number of ether oxygens (including phenoxy) is 1. The third kappa shape index (κ3) is 6.27. The van der Waals surface area contributed by atoms with Crippen molar-refractivity contribution < 1.29 is 23.1 Å². The second kappa shape index (κ2) is 11.3. The van der Waals surface area contributed by atoms with Crippen LogP contribution in [-0.2, 0) is 11.3 Å². The summed E-state index contributed by atoms with van der Waals surface area (Å²) in [5.41, 5.74) is 1.23. The highest BCUT2D eigenvalue weighted by atomic mass is 32.2. The maximum atomic E-state index is 13.5. The van der Waals surface area contributed by atoms with Crippen molar-refractivity contribution in [2.24, 2.45) is 0 Å². The number of amides is 2. The van der Waals surface area contributed by atoms with E-state index in [4.69, 9.17) is 9.15 Å². The van der Waals surface area contributed by atoms with Crippen LogP contribution in [0.1, 0.15) is 23.3 Å². The predicted octanol–water partition coefficient (Wildman–Crippen LogP) is 4.06. The summed E-state index contributed by atoms with van der Waals surface area (Å²) in [6.45, 7) is 2.50. The average molecular weight is 496 g/mol. The zero-order chi connectivity index (χ0) is 24.6. The second-order valence-electron chi connectivity index (χ2n) is 7.16. The molecule has 0 aliphatic carbocycles. The molecular formula is C24H22FN5O4S. The minimum atomic E-state index is -0.410. The quantitative estimate of drug-likeness (QED) is 0.319. The largest absolute Gasteiger partial charge is 0.494 e. The van der Waals surface area contributed by atoms with Gasteiger partial charge in [0.1, 0.15) is 11.6 Å². The maximum Gasteiger partial charge on any atom is 0.287 e. The number of carbonyl (C=O) groups excluding carboxylic acids is 2. The van der Waals surface area contributed by atoms with Gasteiger partial charge in [0.05, 0.1) is 25.2 Å². The van der Waals surface area contributed by atoms with Crippen molar-refractivity contribution in [2.75, 3.05) is 17.7 Å². The fourth-order valence-corrected chi connectivity index (χ4v) is 3.91. The Morgan fingerprint density at radius 1 is 1.09 bits per heavy atom. The van der Waals surface area contributed by atoms with Crippen LogP contribution in [0.5, 0.6) is 5.75 Å². The topological polar surface area (TPSA) is 111 Å². The van der Waals surface area contributed by atoms with Crippen LogP contribution < -0.4 is 15.4 Å². The molecule has 2 aromatic carbocycles. The van der Waals surface area contributed by atoms with E-state index in [-0.39, 0.29) is 24.0 Å². The van der Waals surface area contributed by atoms with Crippen molar-refractivity contribution in [1.82, 2.24) is 20.1 Å². The summed E-state index contributed by atoms with van der Waals surface area (Å²) in [4.78, 5) is 24.8. The average Bonchev–Trinajstić information content (AvgIpc) is 3.54. The second-order valence-corrected chi connectivity index (χ2v) is 8.11. The number of hydrogen-bond donors (Lipinski definition) is 2. The standard InChI is InChI=1S/C24H22FN5O4S/c1-2-33-19-11-7-17(8-12-19)27-22(31)15-35-24-29-28-21(14-26-23(32)20-4-3-13-34-20)30(24)18-9-5-16(25)6-10-18/h3-13H,2,14-15H2,1H3,(H,26,32)(H,27,31). The van der Waals surface area contributed by atoms with Crippen molar-refractivity contribution in [2.45, 2.75) is 18.6 Å². The molecule has 35 heavy (non-hydrogen) atoms. The highest BCUT2D eigenvalue weighted by Crippen LogP contribution is 2.23. The Balaban J connectivity index is 1.45. The smallest absolute Gasteiger partial charge is 0.287 e. The van der Waals surface area contributed by atoms with E-state index in [0.29, 0.717) is 29.0 Å². The number of rotatable bonds is 10. The van der Waals surface area contributed by atoms with Gasteiger partial charge in [-0.2, -0.15) is 0 Å². The number of hydrogen-bond acceptors (Lipinski definition) is 7. The van der Waals surface area contributed by atoms with Crippen LogP contribution in [-0.4, -0.2) is 38.9 Å². The Morgan fingerprint density at radius 3 is 2.54 bits per heavy atom. The third-order valence-electron chi connectivity index (χ3n) is 4.72. The first-order chi connectivity index (χ1) is 17.0. The molecule has 0 aliphatic rings. The molecule has 2 N–H and O–H groups in total. The SMILES string of the molecule is CCOc1ccc(NC(=O)CSc2nnc(CNC(=O)c3ccco3)n2-c2ccc(F)cc2)cc1. The Labute approximate surface area is 204 Å². The van der Waals surface area contributed by atoms with E-state index < -0.39 is 11.7 Å². The van der Waals surface area contributed by atoms with E-state index in [2.05, 4.69) is 20.8 Å². The Hall–Kier alpha value is -4.12. The molecule has 0 atom stereocenters. The number of furan rings is 1. The minimum Gasteiger partial charge on any atom is -0.494 e. The van der Waals surface area contributed by atoms with Crippen molar-refractivity contribution in [1.29, 1.82) is 0 Å². The van der Waals surface area contributed by atoms with Gasteiger partial charge in [0, 0.05) is 11.4 Å². The van der Waals surface area contributed by atoms with Crippen molar-refractivity contribution in [3.63, 3.8) is 0 Å². The van der Waals surface area contributed by atoms with Gasteiger partial charge >= 0.3 is 0 Å². The molecular weight excluding hydrogens is 473 g/mol. The fourth-order valence-electron chi connectivity index (χ4n) is 3.14. The molecule has 4 aromatic rings. The maximum absolute atomic E-state index is 13.5. The molecule has 2 heterocycles. The van der Waals surface area contributed by atoms with Crippen molar-refractivity contribution in [3.8, 4) is 11.4 Å². The Kier molecular flexibility index (Phi) is 7.78. The number of benzene rings is 2. The number of carbonyl (C=O) groups is 2. The lowest BCUT2D eigenvalue weighted by molar-refractivity contribution is -0.113. The Morgan fingerprint density at radius 2 is 1.86 bits per heavy atom. The van der Waals surface area contributed by atoms with E-state index in [0.717, 1.165) is 5.75 Å². The van der Waals surface area contributed by atoms with E-state index >= 15 is 0 Å². The molecule has 11 heteroatoms. The van der Waals surface area contributed by atoms with Gasteiger partial charge in [0.25, 0.3) is 5.91 Å². The van der Waals surface area contributed by atoms with Gasteiger partial charge in [-0.25, -0.2) is 4.39 Å². The highest BCUT2D eigenvalue weighted by Gasteiger charge is 2.18. The highest BCUT2D eigenvalue weighted by molar-refractivity contribution is 7.99. The van der Waals surface area contributed by atoms with Crippen LogP contribution in [0.2, 0.25) is 0 Å². The molecule has 0 bridgehead atoms. The minimum absolute atomic E-state index is 0.0445. The van der Waals surface area contributed by atoms with Gasteiger partial charge < -0.3 is 19.8 Å². The fraction of sp³-hybridized carbons (Fsp3) is 0.167. The van der Waals surface area contributed by atoms with Crippen LogP contribution in [0.3, 0.4) is 0 Å². The summed E-state index contributed by atoms with van der Waals surface area (Å²) in [6, 6.07) is 16.0. The van der Waals surface area contributed by atoms with Gasteiger partial charge in [-0.05, 0) is 67.6 Å². The van der Waals surface area contributed by atoms with Gasteiger partial charge in [0.2, 0.25) is 5.91 Å². The molecule has 0 aliphatic heterocycles. The number of anilines is 1. The molecule has 0 saturated carbocycles. The normalized spacial score (nSPS) is 10.7. The summed E-state index contributed by atoms with van der Waals surface area (Å²) in [7, 11) is 0. The first-order valence-electron chi connectivity index (χ1n) is 10.7. The molecule has 0 saturated heterocycles. The molecule has 2 aromatic heterocycles. The van der Waals surface area contributed by atoms with Crippen molar-refractivity contribution >= 4 is 29.3 Å². The van der Waals surface area contributed by atoms with Crippen LogP contribution in [0.25, 0.3) is 5.69 Å². The molecule has 0 radical (unpaired) electrons. The van der Waals surface area contributed by atoms with Gasteiger partial charge in [-0.3, -0.25) is 14.2 Å². The predicted molar refractivity (Wildman–Crippen MR) is 128 cm³/mol. The Bertz CT molecular complexity index is 1270. The van der Waals surface area contributed by atoms with E-state index in [1.807, 2.05) is 6.92 Å². The van der Waals surface area contributed by atoms with Gasteiger partial charge in [0.15, 0.2) is 16.7 Å². The summed E-state index contributed by atoms with van der Waals surface area (Å²) in [6.07, 6.45) is 1.41. The zero-order valence-corrected chi connectivity index (χ0v) is 19.5. The number of nitrogens with zero attached hydrogens (tertiary/aromatic N) is 3. The van der Waals surface area contributed by atoms with Crippen LogP contribution >= 0.6 is 11.8 Å². The van der Waals surface area contributed by atoms with Gasteiger partial charge in [-0.15, -0.1) is 10.2 Å². The lowest BCUT2D eigenvalue weighted by Gasteiger charge is -2.11. The third-order valence-corrected chi connectivity index (χ3v) is 5.65.